The van der Waals surface area contributed by atoms with Crippen molar-refractivity contribution in [3.05, 3.63) is 52.3 Å². The Kier molecular flexibility index (Phi) is 4.40. The van der Waals surface area contributed by atoms with Crippen LogP contribution in [0, 0.1) is 13.8 Å². The molecule has 4 heteroatoms. The van der Waals surface area contributed by atoms with Crippen molar-refractivity contribution in [2.45, 2.75) is 20.4 Å². The maximum absolute atomic E-state index is 6.04. The lowest BCUT2D eigenvalue weighted by Crippen LogP contribution is -2.07. The third kappa shape index (κ3) is 3.25. The molecule has 0 aliphatic rings. The first-order chi connectivity index (χ1) is 9.11. The monoisotopic (exact) mass is 276 g/mol. The molecule has 1 N–H and O–H groups in total. The van der Waals surface area contributed by atoms with Gasteiger partial charge in [0.2, 0.25) is 0 Å². The fourth-order valence-corrected chi connectivity index (χ4v) is 2.33. The fourth-order valence-electron chi connectivity index (χ4n) is 2.01. The zero-order valence-corrected chi connectivity index (χ0v) is 12.1. The van der Waals surface area contributed by atoms with Crippen molar-refractivity contribution < 1.29 is 4.74 Å². The molecule has 1 aromatic carbocycles. The minimum Gasteiger partial charge on any atom is -0.456 e. The molecule has 0 saturated carbocycles. The number of nitrogens with one attached hydrogen (secondary N) is 1. The molecule has 2 aromatic rings. The van der Waals surface area contributed by atoms with E-state index in [4.69, 9.17) is 16.3 Å². The summed E-state index contributed by atoms with van der Waals surface area (Å²) in [4.78, 5) is 4.12. The zero-order chi connectivity index (χ0) is 13.8. The number of ether oxygens (including phenoxy) is 1. The molecule has 0 atom stereocenters. The lowest BCUT2D eigenvalue weighted by Gasteiger charge is -2.14. The van der Waals surface area contributed by atoms with Gasteiger partial charge in [-0.3, -0.25) is 4.98 Å². The lowest BCUT2D eigenvalue weighted by molar-refractivity contribution is 0.466. The van der Waals surface area contributed by atoms with E-state index >= 15 is 0 Å². The molecule has 100 valence electrons. The second-order valence-electron chi connectivity index (χ2n) is 4.48. The van der Waals surface area contributed by atoms with E-state index in [0.717, 1.165) is 39.8 Å². The van der Waals surface area contributed by atoms with E-state index < -0.39 is 0 Å². The van der Waals surface area contributed by atoms with Crippen LogP contribution in [0.3, 0.4) is 0 Å². The van der Waals surface area contributed by atoms with Crippen LogP contribution in [-0.2, 0) is 6.54 Å². The Hall–Kier alpha value is -1.58. The van der Waals surface area contributed by atoms with Crippen molar-refractivity contribution in [2.24, 2.45) is 0 Å². The van der Waals surface area contributed by atoms with Gasteiger partial charge in [0, 0.05) is 29.5 Å². The molecule has 3 nitrogen and oxygen atoms in total. The van der Waals surface area contributed by atoms with Gasteiger partial charge in [-0.25, -0.2) is 0 Å². The van der Waals surface area contributed by atoms with E-state index in [9.17, 15) is 0 Å². The van der Waals surface area contributed by atoms with E-state index in [1.54, 1.807) is 6.20 Å². The van der Waals surface area contributed by atoms with Crippen molar-refractivity contribution in [1.82, 2.24) is 10.3 Å². The maximum atomic E-state index is 6.04. The molecule has 0 unspecified atom stereocenters. The summed E-state index contributed by atoms with van der Waals surface area (Å²) in [5.74, 6) is 1.67. The van der Waals surface area contributed by atoms with E-state index in [2.05, 4.69) is 10.3 Å². The van der Waals surface area contributed by atoms with Crippen molar-refractivity contribution in [1.29, 1.82) is 0 Å². The summed E-state index contributed by atoms with van der Waals surface area (Å²) >= 11 is 6.03. The molecule has 0 amide bonds. The minimum absolute atomic E-state index is 0.717. The van der Waals surface area contributed by atoms with E-state index in [1.165, 1.54) is 0 Å². The van der Waals surface area contributed by atoms with E-state index in [-0.39, 0.29) is 0 Å². The number of pyridine rings is 1. The lowest BCUT2D eigenvalue weighted by atomic mass is 10.1. The smallest absolute Gasteiger partial charge is 0.135 e. The summed E-state index contributed by atoms with van der Waals surface area (Å²) in [5.41, 5.74) is 3.08. The number of benzene rings is 1. The molecule has 19 heavy (non-hydrogen) atoms. The summed E-state index contributed by atoms with van der Waals surface area (Å²) in [6.07, 6.45) is 3.54. The number of rotatable bonds is 4. The van der Waals surface area contributed by atoms with Gasteiger partial charge >= 0.3 is 0 Å². The van der Waals surface area contributed by atoms with Crippen molar-refractivity contribution in [3.8, 4) is 11.5 Å². The molecule has 0 aliphatic heterocycles. The van der Waals surface area contributed by atoms with Crippen LogP contribution in [0.4, 0.5) is 0 Å². The molecule has 0 radical (unpaired) electrons. The van der Waals surface area contributed by atoms with Gasteiger partial charge < -0.3 is 10.1 Å². The molecule has 0 spiro atoms. The van der Waals surface area contributed by atoms with Gasteiger partial charge in [-0.2, -0.15) is 0 Å². The average molecular weight is 277 g/mol. The molecule has 1 aromatic heterocycles. The predicted octanol–water partition coefficient (Wildman–Crippen LogP) is 3.86. The average Bonchev–Trinajstić information content (AvgIpc) is 2.36. The molecule has 1 heterocycles. The van der Waals surface area contributed by atoms with Crippen LogP contribution in [0.15, 0.2) is 30.6 Å². The standard InChI is InChI=1S/C15H17ClN2O/c1-10-6-13(16)7-11(2)15(10)19-14-4-5-18-9-12(14)8-17-3/h4-7,9,17H,8H2,1-3H3. The molecule has 0 aliphatic carbocycles. The summed E-state index contributed by atoms with van der Waals surface area (Å²) in [6, 6.07) is 5.69. The van der Waals surface area contributed by atoms with E-state index in [1.807, 2.05) is 45.3 Å². The van der Waals surface area contributed by atoms with Gasteiger partial charge in [-0.15, -0.1) is 0 Å². The normalized spacial score (nSPS) is 10.5. The predicted molar refractivity (Wildman–Crippen MR) is 78.0 cm³/mol. The Labute approximate surface area is 118 Å². The third-order valence-electron chi connectivity index (χ3n) is 2.86. The first-order valence-electron chi connectivity index (χ1n) is 6.14. The van der Waals surface area contributed by atoms with Crippen LogP contribution in [0.5, 0.6) is 11.5 Å². The number of hydrogen-bond acceptors (Lipinski definition) is 3. The van der Waals surface area contributed by atoms with Gasteiger partial charge in [-0.1, -0.05) is 11.6 Å². The van der Waals surface area contributed by atoms with Gasteiger partial charge in [0.05, 0.1) is 0 Å². The second kappa shape index (κ2) is 6.04. The van der Waals surface area contributed by atoms with Gasteiger partial charge in [0.25, 0.3) is 0 Å². The Morgan fingerprint density at radius 2 is 1.95 bits per heavy atom. The Bertz CT molecular complexity index is 561. The number of nitrogens with zero attached hydrogens (tertiary/aromatic N) is 1. The molecule has 0 bridgehead atoms. The second-order valence-corrected chi connectivity index (χ2v) is 4.92. The minimum atomic E-state index is 0.717. The van der Waals surface area contributed by atoms with Crippen LogP contribution in [0.2, 0.25) is 5.02 Å². The molecule has 0 saturated heterocycles. The number of aryl methyl sites for hydroxylation is 2. The van der Waals surface area contributed by atoms with Crippen LogP contribution >= 0.6 is 11.6 Å². The first kappa shape index (κ1) is 13.8. The highest BCUT2D eigenvalue weighted by molar-refractivity contribution is 6.30. The maximum Gasteiger partial charge on any atom is 0.135 e. The topological polar surface area (TPSA) is 34.2 Å². The number of aromatic nitrogens is 1. The van der Waals surface area contributed by atoms with Crippen molar-refractivity contribution in [3.63, 3.8) is 0 Å². The Balaban J connectivity index is 2.36. The van der Waals surface area contributed by atoms with Crippen LogP contribution in [0.1, 0.15) is 16.7 Å². The first-order valence-corrected chi connectivity index (χ1v) is 6.51. The number of halogens is 1. The van der Waals surface area contributed by atoms with Gasteiger partial charge in [0.1, 0.15) is 11.5 Å². The SMILES string of the molecule is CNCc1cnccc1Oc1c(C)cc(Cl)cc1C. The van der Waals surface area contributed by atoms with Gasteiger partial charge in [-0.05, 0) is 50.2 Å². The Morgan fingerprint density at radius 1 is 1.26 bits per heavy atom. The molecular formula is C15H17ClN2O. The highest BCUT2D eigenvalue weighted by Gasteiger charge is 2.10. The quantitative estimate of drug-likeness (QED) is 0.921. The Morgan fingerprint density at radius 3 is 2.58 bits per heavy atom. The van der Waals surface area contributed by atoms with Crippen LogP contribution < -0.4 is 10.1 Å². The molecular weight excluding hydrogens is 260 g/mol. The van der Waals surface area contributed by atoms with Crippen LogP contribution in [-0.4, -0.2) is 12.0 Å². The summed E-state index contributed by atoms with van der Waals surface area (Å²) in [7, 11) is 1.90. The highest BCUT2D eigenvalue weighted by atomic mass is 35.5. The highest BCUT2D eigenvalue weighted by Crippen LogP contribution is 2.32. The van der Waals surface area contributed by atoms with Gasteiger partial charge in [0.15, 0.2) is 0 Å². The summed E-state index contributed by atoms with van der Waals surface area (Å²) < 4.78 is 6.04. The number of hydrogen-bond donors (Lipinski definition) is 1. The third-order valence-corrected chi connectivity index (χ3v) is 3.08. The van der Waals surface area contributed by atoms with Crippen molar-refractivity contribution >= 4 is 11.6 Å². The molecule has 0 fully saturated rings. The van der Waals surface area contributed by atoms with E-state index in [0.29, 0.717) is 0 Å². The zero-order valence-electron chi connectivity index (χ0n) is 11.3. The largest absolute Gasteiger partial charge is 0.456 e. The van der Waals surface area contributed by atoms with Crippen LogP contribution in [0.25, 0.3) is 0 Å². The summed E-state index contributed by atoms with van der Waals surface area (Å²) in [6.45, 7) is 4.70. The summed E-state index contributed by atoms with van der Waals surface area (Å²) in [5, 5.41) is 3.84. The van der Waals surface area contributed by atoms with Crippen molar-refractivity contribution in [2.75, 3.05) is 7.05 Å². The fraction of sp³-hybridized carbons (Fsp3) is 0.267. The molecule has 2 rings (SSSR count).